The third kappa shape index (κ3) is 4.28. The summed E-state index contributed by atoms with van der Waals surface area (Å²) in [6.45, 7) is 1.89. The lowest BCUT2D eigenvalue weighted by Gasteiger charge is -2.22. The summed E-state index contributed by atoms with van der Waals surface area (Å²) in [4.78, 5) is 28.3. The number of carbonyl (C=O) groups is 1. The number of aromatic nitrogens is 1. The first-order valence-corrected chi connectivity index (χ1v) is 9.74. The fourth-order valence-electron chi connectivity index (χ4n) is 3.64. The molecule has 0 spiro atoms. The number of H-pyrrole nitrogens is 1. The Bertz CT molecular complexity index is 1150. The van der Waals surface area contributed by atoms with Gasteiger partial charge in [-0.15, -0.1) is 0 Å². The first-order valence-electron chi connectivity index (χ1n) is 9.74. The van der Waals surface area contributed by atoms with E-state index >= 15 is 0 Å². The summed E-state index contributed by atoms with van der Waals surface area (Å²) in [5, 5.41) is 11.5. The van der Waals surface area contributed by atoms with Gasteiger partial charge in [-0.1, -0.05) is 12.1 Å². The van der Waals surface area contributed by atoms with E-state index in [-0.39, 0.29) is 24.3 Å². The molecule has 0 radical (unpaired) electrons. The van der Waals surface area contributed by atoms with Crippen LogP contribution in [-0.4, -0.2) is 44.0 Å². The number of hydrogen-bond donors (Lipinski definition) is 2. The molecule has 2 N–H and O–H groups in total. The Morgan fingerprint density at radius 1 is 1.03 bits per heavy atom. The van der Waals surface area contributed by atoms with Crippen LogP contribution >= 0.6 is 0 Å². The van der Waals surface area contributed by atoms with E-state index in [0.29, 0.717) is 33.7 Å². The highest BCUT2D eigenvalue weighted by atomic mass is 16.5. The SMILES string of the molecule is CCOC(=O)C[C@H](c1cc(OC)c(OC)cc1OC)c1c(O)c2ccccc2[nH]c1=O. The van der Waals surface area contributed by atoms with E-state index in [1.807, 2.05) is 0 Å². The topological polar surface area (TPSA) is 107 Å². The van der Waals surface area contributed by atoms with Gasteiger partial charge in [0.25, 0.3) is 5.56 Å². The largest absolute Gasteiger partial charge is 0.507 e. The van der Waals surface area contributed by atoms with Gasteiger partial charge in [0, 0.05) is 22.9 Å². The van der Waals surface area contributed by atoms with Crippen LogP contribution in [0.25, 0.3) is 10.9 Å². The molecule has 8 nitrogen and oxygen atoms in total. The van der Waals surface area contributed by atoms with E-state index in [9.17, 15) is 14.7 Å². The molecule has 1 aromatic heterocycles. The van der Waals surface area contributed by atoms with Crippen LogP contribution in [0.5, 0.6) is 23.0 Å². The number of rotatable bonds is 8. The van der Waals surface area contributed by atoms with Gasteiger partial charge in [-0.05, 0) is 25.1 Å². The van der Waals surface area contributed by atoms with Crippen molar-refractivity contribution in [1.29, 1.82) is 0 Å². The summed E-state index contributed by atoms with van der Waals surface area (Å²) in [5.74, 6) is -0.388. The van der Waals surface area contributed by atoms with Crippen molar-refractivity contribution in [3.8, 4) is 23.0 Å². The van der Waals surface area contributed by atoms with E-state index in [4.69, 9.17) is 18.9 Å². The zero-order valence-electron chi connectivity index (χ0n) is 17.9. The summed E-state index contributed by atoms with van der Waals surface area (Å²) >= 11 is 0. The first-order chi connectivity index (χ1) is 14.9. The van der Waals surface area contributed by atoms with Crippen molar-refractivity contribution in [2.45, 2.75) is 19.3 Å². The van der Waals surface area contributed by atoms with Crippen LogP contribution in [0, 0.1) is 0 Å². The normalized spacial score (nSPS) is 11.7. The molecule has 0 aliphatic heterocycles. The monoisotopic (exact) mass is 427 g/mol. The third-order valence-electron chi connectivity index (χ3n) is 5.07. The number of esters is 1. The Hall–Kier alpha value is -3.68. The van der Waals surface area contributed by atoms with Gasteiger partial charge >= 0.3 is 5.97 Å². The van der Waals surface area contributed by atoms with E-state index in [1.54, 1.807) is 43.3 Å². The minimum Gasteiger partial charge on any atom is -0.507 e. The standard InChI is InChI=1S/C23H25NO7/c1-5-31-20(25)11-15(14-10-18(29-3)19(30-4)12-17(14)28-2)21-22(26)13-8-6-7-9-16(13)24-23(21)27/h6-10,12,15H,5,11H2,1-4H3,(H2,24,26,27)/t15-/m1/s1. The van der Waals surface area contributed by atoms with Gasteiger partial charge in [0.2, 0.25) is 0 Å². The minimum absolute atomic E-state index is 0.0391. The Morgan fingerprint density at radius 3 is 2.32 bits per heavy atom. The smallest absolute Gasteiger partial charge is 0.306 e. The number of pyridine rings is 1. The van der Waals surface area contributed by atoms with Crippen molar-refractivity contribution in [2.75, 3.05) is 27.9 Å². The van der Waals surface area contributed by atoms with Crippen LogP contribution in [0.1, 0.15) is 30.4 Å². The summed E-state index contributed by atoms with van der Waals surface area (Å²) in [5.41, 5.74) is 0.492. The number of nitrogens with one attached hydrogen (secondary N) is 1. The lowest BCUT2D eigenvalue weighted by Crippen LogP contribution is -2.21. The maximum absolute atomic E-state index is 13.0. The molecule has 8 heteroatoms. The number of hydrogen-bond acceptors (Lipinski definition) is 7. The fourth-order valence-corrected chi connectivity index (χ4v) is 3.64. The van der Waals surface area contributed by atoms with Crippen molar-refractivity contribution in [1.82, 2.24) is 4.98 Å². The lowest BCUT2D eigenvalue weighted by atomic mass is 9.87. The molecular weight excluding hydrogens is 402 g/mol. The molecule has 0 aliphatic carbocycles. The van der Waals surface area contributed by atoms with Crippen LogP contribution in [0.4, 0.5) is 0 Å². The number of benzene rings is 2. The van der Waals surface area contributed by atoms with Crippen molar-refractivity contribution in [3.63, 3.8) is 0 Å². The van der Waals surface area contributed by atoms with Crippen LogP contribution in [0.2, 0.25) is 0 Å². The second kappa shape index (κ2) is 9.42. The molecule has 0 saturated heterocycles. The second-order valence-corrected chi connectivity index (χ2v) is 6.77. The Morgan fingerprint density at radius 2 is 1.68 bits per heavy atom. The molecule has 2 aromatic carbocycles. The van der Waals surface area contributed by atoms with Crippen LogP contribution in [0.15, 0.2) is 41.2 Å². The molecule has 0 aliphatic rings. The number of methoxy groups -OCH3 is 3. The van der Waals surface area contributed by atoms with Crippen molar-refractivity contribution in [3.05, 3.63) is 57.9 Å². The summed E-state index contributed by atoms with van der Waals surface area (Å²) in [7, 11) is 4.44. The lowest BCUT2D eigenvalue weighted by molar-refractivity contribution is -0.143. The van der Waals surface area contributed by atoms with Crippen LogP contribution in [-0.2, 0) is 9.53 Å². The Labute approximate surface area is 179 Å². The fraction of sp³-hybridized carbons (Fsp3) is 0.304. The van der Waals surface area contributed by atoms with Crippen molar-refractivity contribution in [2.24, 2.45) is 0 Å². The number of carbonyl (C=O) groups excluding carboxylic acids is 1. The zero-order chi connectivity index (χ0) is 22.5. The highest BCUT2D eigenvalue weighted by molar-refractivity contribution is 5.86. The second-order valence-electron chi connectivity index (χ2n) is 6.77. The number of para-hydroxylation sites is 1. The maximum atomic E-state index is 13.0. The van der Waals surface area contributed by atoms with E-state index in [2.05, 4.69) is 4.98 Å². The van der Waals surface area contributed by atoms with E-state index < -0.39 is 17.4 Å². The molecule has 3 rings (SSSR count). The van der Waals surface area contributed by atoms with Gasteiger partial charge in [-0.3, -0.25) is 9.59 Å². The molecule has 1 heterocycles. The zero-order valence-corrected chi connectivity index (χ0v) is 17.9. The molecular formula is C23H25NO7. The summed E-state index contributed by atoms with van der Waals surface area (Å²) in [6, 6.07) is 10.1. The molecule has 0 fully saturated rings. The van der Waals surface area contributed by atoms with Gasteiger partial charge in [-0.25, -0.2) is 0 Å². The quantitative estimate of drug-likeness (QED) is 0.531. The number of aromatic hydroxyl groups is 1. The number of aromatic amines is 1. The molecule has 0 saturated carbocycles. The highest BCUT2D eigenvalue weighted by Gasteiger charge is 2.30. The first kappa shape index (κ1) is 22.0. The number of ether oxygens (including phenoxy) is 4. The van der Waals surface area contributed by atoms with Gasteiger partial charge in [0.15, 0.2) is 11.5 Å². The van der Waals surface area contributed by atoms with E-state index in [1.165, 1.54) is 21.3 Å². The predicted molar refractivity (Wildman–Crippen MR) is 115 cm³/mol. The Kier molecular flexibility index (Phi) is 6.69. The van der Waals surface area contributed by atoms with Gasteiger partial charge < -0.3 is 29.0 Å². The van der Waals surface area contributed by atoms with E-state index in [0.717, 1.165) is 0 Å². The summed E-state index contributed by atoms with van der Waals surface area (Å²) in [6.07, 6.45) is -0.186. The molecule has 3 aromatic rings. The molecule has 1 atom stereocenters. The van der Waals surface area contributed by atoms with Gasteiger partial charge in [-0.2, -0.15) is 0 Å². The highest BCUT2D eigenvalue weighted by Crippen LogP contribution is 2.43. The molecule has 0 unspecified atom stereocenters. The number of fused-ring (bicyclic) bond motifs is 1. The van der Waals surface area contributed by atoms with Gasteiger partial charge in [0.1, 0.15) is 11.5 Å². The maximum Gasteiger partial charge on any atom is 0.306 e. The summed E-state index contributed by atoms with van der Waals surface area (Å²) < 4.78 is 21.4. The van der Waals surface area contributed by atoms with Crippen molar-refractivity contribution < 1.29 is 28.8 Å². The molecule has 0 bridgehead atoms. The van der Waals surface area contributed by atoms with Crippen LogP contribution < -0.4 is 19.8 Å². The average Bonchev–Trinajstić information content (AvgIpc) is 2.77. The van der Waals surface area contributed by atoms with Gasteiger partial charge in [0.05, 0.1) is 45.4 Å². The minimum atomic E-state index is -0.859. The Balaban J connectivity index is 2.30. The molecule has 164 valence electrons. The third-order valence-corrected chi connectivity index (χ3v) is 5.07. The predicted octanol–water partition coefficient (Wildman–Crippen LogP) is 3.34. The van der Waals surface area contributed by atoms with Crippen LogP contribution in [0.3, 0.4) is 0 Å². The van der Waals surface area contributed by atoms with Crippen molar-refractivity contribution >= 4 is 16.9 Å². The molecule has 0 amide bonds. The average molecular weight is 427 g/mol. The molecule has 31 heavy (non-hydrogen) atoms.